The predicted molar refractivity (Wildman–Crippen MR) is 136 cm³/mol. The first-order valence-corrected chi connectivity index (χ1v) is 14.2. The summed E-state index contributed by atoms with van der Waals surface area (Å²) in [5.41, 5.74) is 5.63. The molecular formula is C31H46O4. The van der Waals surface area contributed by atoms with E-state index >= 15 is 0 Å². The van der Waals surface area contributed by atoms with Crippen LogP contribution in [0.3, 0.4) is 0 Å². The minimum atomic E-state index is -0.855. The number of fused-ring (bicyclic) bond motifs is 6. The molecule has 2 saturated carbocycles. The minimum Gasteiger partial charge on any atom is -0.426 e. The lowest BCUT2D eigenvalue weighted by Crippen LogP contribution is -2.55. The molecule has 3 fully saturated rings. The molecule has 0 radical (unpaired) electrons. The Morgan fingerprint density at radius 3 is 2.31 bits per heavy atom. The van der Waals surface area contributed by atoms with E-state index in [-0.39, 0.29) is 39.8 Å². The Hall–Kier alpha value is -1.13. The van der Waals surface area contributed by atoms with Crippen molar-refractivity contribution in [3.8, 4) is 0 Å². The van der Waals surface area contributed by atoms with Crippen LogP contribution in [-0.2, 0) is 14.3 Å². The van der Waals surface area contributed by atoms with Crippen LogP contribution in [0.4, 0.5) is 0 Å². The molecule has 0 amide bonds. The van der Waals surface area contributed by atoms with E-state index in [4.69, 9.17) is 9.47 Å². The summed E-state index contributed by atoms with van der Waals surface area (Å²) in [5, 5.41) is 10.9. The lowest BCUT2D eigenvalue weighted by molar-refractivity contribution is -0.262. The zero-order valence-corrected chi connectivity index (χ0v) is 23.2. The van der Waals surface area contributed by atoms with Gasteiger partial charge in [0, 0.05) is 17.6 Å². The Morgan fingerprint density at radius 2 is 1.66 bits per heavy atom. The van der Waals surface area contributed by atoms with E-state index in [1.54, 1.807) is 11.1 Å². The van der Waals surface area contributed by atoms with Crippen LogP contribution in [-0.4, -0.2) is 29.1 Å². The number of rotatable bonds is 0. The molecule has 0 aromatic rings. The number of allylic oxidation sites excluding steroid dienone is 2. The zero-order chi connectivity index (χ0) is 25.3. The standard InChI is InChI=1S/C31H46O4/c1-17-15-31(19(3)18(2)26(33)35-31)34-22-16-30(8)21-9-10-23-27(4,5)24(32)12-13-28(23,6)20(21)11-14-29(30,7)25(17)22/h17,22-25,32H,9-16H2,1-8H3/t17-,22-,23?,24-,25+,28-,29-,30+,31-/m1/s1. The number of aliphatic hydroxyl groups is 1. The van der Waals surface area contributed by atoms with Crippen LogP contribution in [0.1, 0.15) is 107 Å². The normalized spacial score (nSPS) is 52.7. The topological polar surface area (TPSA) is 55.8 Å². The van der Waals surface area contributed by atoms with Crippen molar-refractivity contribution in [2.24, 2.45) is 39.4 Å². The maximum atomic E-state index is 12.5. The first-order valence-electron chi connectivity index (χ1n) is 14.2. The number of carbonyl (C=O) groups is 1. The molecule has 1 N–H and O–H groups in total. The van der Waals surface area contributed by atoms with Gasteiger partial charge >= 0.3 is 5.97 Å². The lowest BCUT2D eigenvalue weighted by atomic mass is 9.43. The predicted octanol–water partition coefficient (Wildman–Crippen LogP) is 6.72. The van der Waals surface area contributed by atoms with Gasteiger partial charge in [-0.05, 0) is 98.2 Å². The van der Waals surface area contributed by atoms with Crippen molar-refractivity contribution < 1.29 is 19.4 Å². The third kappa shape index (κ3) is 2.74. The van der Waals surface area contributed by atoms with Gasteiger partial charge in [-0.15, -0.1) is 0 Å². The first kappa shape index (κ1) is 24.2. The number of hydrogen-bond acceptors (Lipinski definition) is 4. The summed E-state index contributed by atoms with van der Waals surface area (Å²) in [4.78, 5) is 12.5. The van der Waals surface area contributed by atoms with Crippen LogP contribution in [0.25, 0.3) is 0 Å². The Kier molecular flexibility index (Phi) is 4.87. The van der Waals surface area contributed by atoms with Gasteiger partial charge in [0.1, 0.15) is 0 Å². The number of carbonyl (C=O) groups excluding carboxylic acids is 1. The summed E-state index contributed by atoms with van der Waals surface area (Å²) in [6.07, 6.45) is 8.47. The van der Waals surface area contributed by atoms with Crippen molar-refractivity contribution in [1.29, 1.82) is 0 Å². The smallest absolute Gasteiger partial charge is 0.336 e. The second kappa shape index (κ2) is 7.04. The van der Waals surface area contributed by atoms with Crippen LogP contribution in [0, 0.1) is 39.4 Å². The third-order valence-electron chi connectivity index (χ3n) is 13.0. The Bertz CT molecular complexity index is 1050. The van der Waals surface area contributed by atoms with Crippen LogP contribution < -0.4 is 0 Å². The average molecular weight is 483 g/mol. The molecule has 4 aliphatic carbocycles. The number of hydrogen-bond donors (Lipinski definition) is 1. The van der Waals surface area contributed by atoms with Gasteiger partial charge in [-0.2, -0.15) is 0 Å². The molecule has 35 heavy (non-hydrogen) atoms. The van der Waals surface area contributed by atoms with E-state index in [0.717, 1.165) is 43.3 Å². The molecule has 0 bridgehead atoms. The van der Waals surface area contributed by atoms with E-state index in [1.165, 1.54) is 19.3 Å². The Balaban J connectivity index is 1.41. The largest absolute Gasteiger partial charge is 0.426 e. The minimum absolute atomic E-state index is 0.0328. The van der Waals surface area contributed by atoms with Gasteiger partial charge in [0.15, 0.2) is 0 Å². The summed E-state index contributed by atoms with van der Waals surface area (Å²) in [5.74, 6) is 0.397. The molecule has 4 nitrogen and oxygen atoms in total. The van der Waals surface area contributed by atoms with E-state index < -0.39 is 5.79 Å². The first-order chi connectivity index (χ1) is 16.2. The number of esters is 1. The highest BCUT2D eigenvalue weighted by Crippen LogP contribution is 2.74. The molecule has 194 valence electrons. The van der Waals surface area contributed by atoms with Crippen molar-refractivity contribution in [1.82, 2.24) is 0 Å². The Labute approximate surface area is 211 Å². The highest BCUT2D eigenvalue weighted by molar-refractivity contribution is 5.92. The quantitative estimate of drug-likeness (QED) is 0.307. The van der Waals surface area contributed by atoms with Gasteiger partial charge in [0.05, 0.1) is 12.2 Å². The molecule has 9 atom stereocenters. The lowest BCUT2D eigenvalue weighted by Gasteiger charge is -2.62. The van der Waals surface area contributed by atoms with E-state index in [1.807, 2.05) is 13.8 Å². The van der Waals surface area contributed by atoms with Crippen molar-refractivity contribution >= 4 is 5.97 Å². The molecular weight excluding hydrogens is 436 g/mol. The maximum Gasteiger partial charge on any atom is 0.336 e. The molecule has 0 aromatic carbocycles. The fourth-order valence-corrected chi connectivity index (χ4v) is 10.8. The number of ether oxygens (including phenoxy) is 2. The highest BCUT2D eigenvalue weighted by Gasteiger charge is 2.69. The highest BCUT2D eigenvalue weighted by atomic mass is 16.7. The van der Waals surface area contributed by atoms with Crippen LogP contribution >= 0.6 is 0 Å². The van der Waals surface area contributed by atoms with Gasteiger partial charge in [-0.3, -0.25) is 0 Å². The molecule has 4 heteroatoms. The van der Waals surface area contributed by atoms with Crippen LogP contribution in [0.5, 0.6) is 0 Å². The summed E-state index contributed by atoms with van der Waals surface area (Å²) in [7, 11) is 0. The number of aliphatic hydroxyl groups excluding tert-OH is 1. The van der Waals surface area contributed by atoms with Gasteiger partial charge in [-0.1, -0.05) is 52.7 Å². The van der Waals surface area contributed by atoms with E-state index in [0.29, 0.717) is 17.8 Å². The fraction of sp³-hybridized carbons (Fsp3) is 0.839. The molecule has 1 saturated heterocycles. The molecule has 6 rings (SSSR count). The molecule has 2 heterocycles. The van der Waals surface area contributed by atoms with Crippen LogP contribution in [0.2, 0.25) is 0 Å². The summed E-state index contributed by atoms with van der Waals surface area (Å²) >= 11 is 0. The van der Waals surface area contributed by atoms with Gasteiger partial charge < -0.3 is 14.6 Å². The van der Waals surface area contributed by atoms with Crippen molar-refractivity contribution in [3.63, 3.8) is 0 Å². The third-order valence-corrected chi connectivity index (χ3v) is 13.0. The van der Waals surface area contributed by atoms with Crippen molar-refractivity contribution in [3.05, 3.63) is 22.3 Å². The summed E-state index contributed by atoms with van der Waals surface area (Å²) < 4.78 is 12.9. The molecule has 2 aliphatic heterocycles. The van der Waals surface area contributed by atoms with Gasteiger partial charge in [-0.25, -0.2) is 4.79 Å². The second-order valence-corrected chi connectivity index (χ2v) is 14.6. The monoisotopic (exact) mass is 482 g/mol. The second-order valence-electron chi connectivity index (χ2n) is 14.6. The Morgan fingerprint density at radius 1 is 0.943 bits per heavy atom. The van der Waals surface area contributed by atoms with Crippen molar-refractivity contribution in [2.45, 2.75) is 125 Å². The summed E-state index contributed by atoms with van der Waals surface area (Å²) in [6.45, 7) is 18.5. The van der Waals surface area contributed by atoms with Crippen molar-refractivity contribution in [2.75, 3.05) is 0 Å². The molecule has 6 aliphatic rings. The SMILES string of the molecule is CC1=C(C)[C@@]2(C[C@@H](C)[C@H]3[C@@H](C[C@@]4(C)C5=C(CC[C@]34C)[C@@]3(C)CC[C@@H](O)C(C)(C)C3CC5)O2)OC1=O. The van der Waals surface area contributed by atoms with Crippen LogP contribution in [0.15, 0.2) is 22.3 Å². The molecule has 0 aromatic heterocycles. The van der Waals surface area contributed by atoms with E-state index in [2.05, 4.69) is 41.5 Å². The summed E-state index contributed by atoms with van der Waals surface area (Å²) in [6, 6.07) is 0. The maximum absolute atomic E-state index is 12.5. The average Bonchev–Trinajstić information content (AvgIpc) is 3.13. The van der Waals surface area contributed by atoms with Gasteiger partial charge in [0.25, 0.3) is 0 Å². The zero-order valence-electron chi connectivity index (χ0n) is 23.2. The van der Waals surface area contributed by atoms with E-state index in [9.17, 15) is 9.90 Å². The molecule has 1 unspecified atom stereocenters. The molecule has 1 spiro atoms. The fourth-order valence-electron chi connectivity index (χ4n) is 10.8. The van der Waals surface area contributed by atoms with Gasteiger partial charge in [0.2, 0.25) is 5.79 Å².